The van der Waals surface area contributed by atoms with Crippen LogP contribution < -0.4 is 0 Å². The number of para-hydroxylation sites is 2. The zero-order valence-corrected chi connectivity index (χ0v) is 50.9. The van der Waals surface area contributed by atoms with Gasteiger partial charge >= 0.3 is 0 Å². The molecule has 13 aromatic carbocycles. The molecule has 0 N–H and O–H groups in total. The minimum atomic E-state index is -0.110. The van der Waals surface area contributed by atoms with Gasteiger partial charge in [0.05, 0.1) is 44.3 Å². The number of benzene rings is 13. The SMILES string of the molecule is CC1(C)c2ccccc2-c2ccc(-n3c4ccccc4c4cc(-c5ccc6c7ccc(-c8ccc9c(c8)c8ccccc8n9-c8ccc9c(c8)C(C)(C)c8ccccc8-9)cc7n(-c7ccc8nc(-c9ccccc9)nc(-c9ccccc9)c8c7)c6c5)ccc43)cc21. The molecule has 0 atom stereocenters. The second-order valence-corrected chi connectivity index (χ2v) is 26.1. The maximum absolute atomic E-state index is 5.37. The van der Waals surface area contributed by atoms with Gasteiger partial charge in [-0.05, 0) is 158 Å². The zero-order chi connectivity index (χ0) is 60.4. The summed E-state index contributed by atoms with van der Waals surface area (Å²) in [4.78, 5) is 10.6. The molecule has 0 unspecified atom stereocenters. The predicted octanol–water partition coefficient (Wildman–Crippen LogP) is 22.2. The van der Waals surface area contributed by atoms with E-state index in [1.54, 1.807) is 0 Å². The summed E-state index contributed by atoms with van der Waals surface area (Å²) >= 11 is 0. The first-order valence-electron chi connectivity index (χ1n) is 31.7. The van der Waals surface area contributed by atoms with E-state index in [4.69, 9.17) is 9.97 Å². The normalized spacial score (nSPS) is 13.7. The lowest BCUT2D eigenvalue weighted by Crippen LogP contribution is -2.15. The van der Waals surface area contributed by atoms with Crippen molar-refractivity contribution in [1.29, 1.82) is 0 Å². The van der Waals surface area contributed by atoms with Gasteiger partial charge in [0.1, 0.15) is 0 Å². The van der Waals surface area contributed by atoms with Crippen molar-refractivity contribution in [2.24, 2.45) is 0 Å². The molecule has 5 nitrogen and oxygen atoms in total. The van der Waals surface area contributed by atoms with Gasteiger partial charge in [-0.15, -0.1) is 0 Å². The molecule has 4 aromatic heterocycles. The molecule has 91 heavy (non-hydrogen) atoms. The Kier molecular flexibility index (Phi) is 10.8. The molecule has 2 aliphatic carbocycles. The average Bonchev–Trinajstić information content (AvgIpc) is 1.62. The van der Waals surface area contributed by atoms with Crippen molar-refractivity contribution in [3.8, 4) is 84.2 Å². The zero-order valence-electron chi connectivity index (χ0n) is 50.9. The molecule has 0 bridgehead atoms. The van der Waals surface area contributed by atoms with Crippen molar-refractivity contribution in [1.82, 2.24) is 23.7 Å². The summed E-state index contributed by atoms with van der Waals surface area (Å²) in [6.07, 6.45) is 0. The Morgan fingerprint density at radius 1 is 0.242 bits per heavy atom. The molecule has 0 saturated heterocycles. The molecule has 0 fully saturated rings. The summed E-state index contributed by atoms with van der Waals surface area (Å²) in [5.74, 6) is 0.704. The Morgan fingerprint density at radius 2 is 0.637 bits per heavy atom. The van der Waals surface area contributed by atoms with Crippen molar-refractivity contribution >= 4 is 76.3 Å². The molecule has 0 amide bonds. The number of nitrogens with zero attached hydrogens (tertiary/aromatic N) is 5. The minimum Gasteiger partial charge on any atom is -0.309 e. The fourth-order valence-corrected chi connectivity index (χ4v) is 16.0. The summed E-state index contributed by atoms with van der Waals surface area (Å²) in [6.45, 7) is 9.46. The summed E-state index contributed by atoms with van der Waals surface area (Å²) in [5, 5.41) is 8.26. The molecule has 428 valence electrons. The highest BCUT2D eigenvalue weighted by Crippen LogP contribution is 2.52. The molecule has 17 aromatic rings. The van der Waals surface area contributed by atoms with Crippen molar-refractivity contribution in [2.45, 2.75) is 38.5 Å². The molecule has 0 radical (unpaired) electrons. The van der Waals surface area contributed by atoms with Crippen LogP contribution in [0.5, 0.6) is 0 Å². The monoisotopic (exact) mass is 1160 g/mol. The first-order chi connectivity index (χ1) is 44.6. The minimum absolute atomic E-state index is 0.110. The van der Waals surface area contributed by atoms with E-state index in [0.29, 0.717) is 5.82 Å². The summed E-state index contributed by atoms with van der Waals surface area (Å²) in [5.41, 5.74) is 29.4. The highest BCUT2D eigenvalue weighted by atomic mass is 15.0. The molecule has 4 heterocycles. The lowest BCUT2D eigenvalue weighted by atomic mass is 9.82. The fraction of sp³-hybridized carbons (Fsp3) is 0.0698. The van der Waals surface area contributed by atoms with E-state index in [2.05, 4.69) is 320 Å². The molecule has 0 saturated carbocycles. The van der Waals surface area contributed by atoms with E-state index in [0.717, 1.165) is 66.7 Å². The van der Waals surface area contributed by atoms with Crippen LogP contribution in [0.1, 0.15) is 49.9 Å². The first-order valence-corrected chi connectivity index (χ1v) is 31.7. The summed E-state index contributed by atoms with van der Waals surface area (Å²) in [6, 6.07) is 106. The van der Waals surface area contributed by atoms with Gasteiger partial charge in [0, 0.05) is 76.7 Å². The largest absolute Gasteiger partial charge is 0.309 e. The number of hydrogen-bond acceptors (Lipinski definition) is 2. The van der Waals surface area contributed by atoms with Crippen LogP contribution in [0.25, 0.3) is 161 Å². The van der Waals surface area contributed by atoms with Crippen LogP contribution in [0.3, 0.4) is 0 Å². The quantitative estimate of drug-likeness (QED) is 0.160. The second kappa shape index (κ2) is 19.1. The molecule has 0 aliphatic heterocycles. The van der Waals surface area contributed by atoms with Gasteiger partial charge in [-0.3, -0.25) is 0 Å². The smallest absolute Gasteiger partial charge is 0.160 e. The molecule has 0 spiro atoms. The molecule has 5 heteroatoms. The van der Waals surface area contributed by atoms with E-state index in [1.165, 1.54) is 110 Å². The van der Waals surface area contributed by atoms with Gasteiger partial charge < -0.3 is 13.7 Å². The standard InChI is InChI=1S/C86H59N5/c1-85(2)72-27-15-11-23-61(72)63-40-35-59(50-74(63)85)89-77-29-17-13-25-65(77)69-45-54(33-43-79(69)89)56-31-38-67-68-39-32-57(48-82(68)91(81(67)47-56)58-37-42-76-71(49-58)83(52-19-7-5-8-20-52)88-84(87-76)53-21-9-6-10-22-53)55-34-44-80-70(46-55)66-26-14-18-30-78(66)90(80)60-36-41-64-62-24-12-16-28-73(62)86(3,4)75(64)51-60/h5-51H,1-4H3. The third-order valence-corrected chi connectivity index (χ3v) is 20.4. The third-order valence-electron chi connectivity index (χ3n) is 20.4. The van der Waals surface area contributed by atoms with Gasteiger partial charge in [-0.2, -0.15) is 0 Å². The number of rotatable bonds is 7. The molecule has 2 aliphatic rings. The number of hydrogen-bond donors (Lipinski definition) is 0. The van der Waals surface area contributed by atoms with E-state index in [9.17, 15) is 0 Å². The van der Waals surface area contributed by atoms with E-state index in [-0.39, 0.29) is 10.8 Å². The first kappa shape index (κ1) is 51.6. The fourth-order valence-electron chi connectivity index (χ4n) is 16.0. The van der Waals surface area contributed by atoms with Crippen LogP contribution >= 0.6 is 0 Å². The number of aromatic nitrogens is 5. The molecular formula is C86H59N5. The summed E-state index contributed by atoms with van der Waals surface area (Å²) < 4.78 is 7.41. The second-order valence-electron chi connectivity index (χ2n) is 26.1. The van der Waals surface area contributed by atoms with Gasteiger partial charge in [-0.25, -0.2) is 9.97 Å². The molecular weight excluding hydrogens is 1100 g/mol. The maximum atomic E-state index is 5.37. The van der Waals surface area contributed by atoms with Crippen LogP contribution in [-0.4, -0.2) is 23.7 Å². The summed E-state index contributed by atoms with van der Waals surface area (Å²) in [7, 11) is 0. The van der Waals surface area contributed by atoms with Crippen molar-refractivity contribution in [3.05, 3.63) is 307 Å². The van der Waals surface area contributed by atoms with E-state index >= 15 is 0 Å². The van der Waals surface area contributed by atoms with Gasteiger partial charge in [0.25, 0.3) is 0 Å². The Bertz CT molecular complexity index is 5670. The van der Waals surface area contributed by atoms with E-state index in [1.807, 2.05) is 6.07 Å². The van der Waals surface area contributed by atoms with Crippen LogP contribution in [-0.2, 0) is 10.8 Å². The van der Waals surface area contributed by atoms with Crippen LogP contribution in [0.2, 0.25) is 0 Å². The lowest BCUT2D eigenvalue weighted by molar-refractivity contribution is 0.660. The molecule has 19 rings (SSSR count). The van der Waals surface area contributed by atoms with Crippen molar-refractivity contribution < 1.29 is 0 Å². The maximum Gasteiger partial charge on any atom is 0.160 e. The van der Waals surface area contributed by atoms with Crippen LogP contribution in [0.4, 0.5) is 0 Å². The van der Waals surface area contributed by atoms with E-state index < -0.39 is 0 Å². The Labute approximate surface area is 527 Å². The Hall–Kier alpha value is -11.4. The van der Waals surface area contributed by atoms with Crippen molar-refractivity contribution in [3.63, 3.8) is 0 Å². The topological polar surface area (TPSA) is 40.6 Å². The Balaban J connectivity index is 0.790. The van der Waals surface area contributed by atoms with Crippen molar-refractivity contribution in [2.75, 3.05) is 0 Å². The van der Waals surface area contributed by atoms with Crippen LogP contribution in [0, 0.1) is 0 Å². The van der Waals surface area contributed by atoms with Crippen LogP contribution in [0.15, 0.2) is 285 Å². The highest BCUT2D eigenvalue weighted by molar-refractivity contribution is 6.15. The van der Waals surface area contributed by atoms with Gasteiger partial charge in [0.2, 0.25) is 0 Å². The predicted molar refractivity (Wildman–Crippen MR) is 379 cm³/mol. The highest BCUT2D eigenvalue weighted by Gasteiger charge is 2.37. The van der Waals surface area contributed by atoms with Gasteiger partial charge in [0.15, 0.2) is 5.82 Å². The number of fused-ring (bicyclic) bond motifs is 16. The third kappa shape index (κ3) is 7.52. The van der Waals surface area contributed by atoms with Gasteiger partial charge in [-0.1, -0.05) is 222 Å². The average molecular weight is 1160 g/mol. The lowest BCUT2D eigenvalue weighted by Gasteiger charge is -2.22. The Morgan fingerprint density at radius 3 is 1.18 bits per heavy atom.